The molecule has 0 aromatic carbocycles. The Morgan fingerprint density at radius 3 is 2.78 bits per heavy atom. The zero-order valence-electron chi connectivity index (χ0n) is 11.4. The molecule has 0 saturated heterocycles. The first kappa shape index (κ1) is 14.1. The summed E-state index contributed by atoms with van der Waals surface area (Å²) in [6.07, 6.45) is 6.05. The maximum Gasteiger partial charge on any atom is 0.124 e. The van der Waals surface area contributed by atoms with Crippen molar-refractivity contribution >= 4 is 17.9 Å². The lowest BCUT2D eigenvalue weighted by molar-refractivity contribution is -0.107. The van der Waals surface area contributed by atoms with Gasteiger partial charge in [0.05, 0.1) is 11.5 Å². The van der Waals surface area contributed by atoms with Gasteiger partial charge in [-0.05, 0) is 36.0 Å². The average Bonchev–Trinajstić information content (AvgIpc) is 2.26. The Hall–Kier alpha value is -0.340. The molecule has 2 rings (SSSR count). The van der Waals surface area contributed by atoms with Crippen molar-refractivity contribution in [1.82, 2.24) is 0 Å². The van der Waals surface area contributed by atoms with E-state index in [1.165, 1.54) is 5.57 Å². The van der Waals surface area contributed by atoms with E-state index in [9.17, 15) is 9.90 Å². The number of carbonyl (C=O) groups excluding carboxylic acids is 1. The fourth-order valence-electron chi connectivity index (χ4n) is 4.23. The van der Waals surface area contributed by atoms with Crippen LogP contribution in [0.15, 0.2) is 11.6 Å². The molecule has 2 nitrogen and oxygen atoms in total. The number of alkyl halides is 1. The molecule has 4 atom stereocenters. The molecule has 2 aliphatic rings. The number of hydrogen-bond acceptors (Lipinski definition) is 2. The highest BCUT2D eigenvalue weighted by Crippen LogP contribution is 2.57. The largest absolute Gasteiger partial charge is 0.392 e. The van der Waals surface area contributed by atoms with Crippen LogP contribution < -0.4 is 0 Å². The number of fused-ring (bicyclic) bond motifs is 1. The topological polar surface area (TPSA) is 37.3 Å². The first-order valence-corrected chi connectivity index (χ1v) is 7.21. The smallest absolute Gasteiger partial charge is 0.124 e. The Labute approximate surface area is 114 Å². The quantitative estimate of drug-likeness (QED) is 0.475. The van der Waals surface area contributed by atoms with Crippen LogP contribution in [0.3, 0.4) is 0 Å². The highest BCUT2D eigenvalue weighted by Gasteiger charge is 2.54. The summed E-state index contributed by atoms with van der Waals surface area (Å²) < 4.78 is 0. The van der Waals surface area contributed by atoms with Gasteiger partial charge in [0.15, 0.2) is 0 Å². The normalized spacial score (nSPS) is 42.9. The van der Waals surface area contributed by atoms with Crippen molar-refractivity contribution in [2.75, 3.05) is 0 Å². The molecule has 2 aliphatic carbocycles. The fourth-order valence-corrected chi connectivity index (χ4v) is 4.47. The predicted octanol–water partition coefficient (Wildman–Crippen LogP) is 3.32. The second kappa shape index (κ2) is 4.64. The third-order valence-corrected chi connectivity index (χ3v) is 5.88. The fraction of sp³-hybridized carbons (Fsp3) is 0.800. The minimum Gasteiger partial charge on any atom is -0.392 e. The van der Waals surface area contributed by atoms with Gasteiger partial charge in [-0.1, -0.05) is 32.4 Å². The molecular formula is C15H23ClO2. The molecule has 0 heterocycles. The molecule has 102 valence electrons. The minimum atomic E-state index is -0.463. The van der Waals surface area contributed by atoms with Crippen LogP contribution in [0.25, 0.3) is 0 Å². The lowest BCUT2D eigenvalue weighted by Gasteiger charge is -2.56. The summed E-state index contributed by atoms with van der Waals surface area (Å²) in [6.45, 7) is 6.53. The van der Waals surface area contributed by atoms with Gasteiger partial charge in [-0.25, -0.2) is 0 Å². The van der Waals surface area contributed by atoms with Crippen molar-refractivity contribution in [1.29, 1.82) is 0 Å². The number of aliphatic hydroxyl groups is 1. The van der Waals surface area contributed by atoms with Crippen LogP contribution in [0.4, 0.5) is 0 Å². The van der Waals surface area contributed by atoms with Crippen molar-refractivity contribution in [3.8, 4) is 0 Å². The first-order valence-electron chi connectivity index (χ1n) is 6.77. The summed E-state index contributed by atoms with van der Waals surface area (Å²) >= 11 is 6.41. The van der Waals surface area contributed by atoms with E-state index in [0.717, 1.165) is 19.1 Å². The molecule has 18 heavy (non-hydrogen) atoms. The molecule has 1 saturated carbocycles. The van der Waals surface area contributed by atoms with E-state index in [-0.39, 0.29) is 16.2 Å². The molecule has 1 N–H and O–H groups in total. The number of rotatable bonds is 2. The molecule has 3 heteroatoms. The summed E-state index contributed by atoms with van der Waals surface area (Å²) in [5.74, 6) is 0.478. The van der Waals surface area contributed by atoms with E-state index in [2.05, 4.69) is 26.8 Å². The summed E-state index contributed by atoms with van der Waals surface area (Å²) in [6, 6.07) is 0. The van der Waals surface area contributed by atoms with E-state index < -0.39 is 6.10 Å². The van der Waals surface area contributed by atoms with Crippen LogP contribution in [0, 0.1) is 16.7 Å². The van der Waals surface area contributed by atoms with Crippen molar-refractivity contribution in [3.05, 3.63) is 11.6 Å². The van der Waals surface area contributed by atoms with Crippen molar-refractivity contribution in [2.45, 2.75) is 57.9 Å². The van der Waals surface area contributed by atoms with Crippen molar-refractivity contribution < 1.29 is 9.90 Å². The molecule has 0 radical (unpaired) electrons. The number of halogens is 1. The first-order chi connectivity index (χ1) is 8.31. The molecule has 0 unspecified atom stereocenters. The molecule has 0 bridgehead atoms. The standard InChI is InChI=1S/C15H23ClO2/c1-14(2)12-5-4-10(6-7-17)8-15(12,3)9-11(18)13(14)16/h7-8,11-13,18H,4-6,9H2,1-3H3/t11-,12-,13-,15-/m0/s1. The zero-order chi connectivity index (χ0) is 13.6. The van der Waals surface area contributed by atoms with E-state index in [1.807, 2.05) is 0 Å². The van der Waals surface area contributed by atoms with Gasteiger partial charge in [0.25, 0.3) is 0 Å². The molecule has 0 aromatic rings. The third kappa shape index (κ3) is 2.14. The summed E-state index contributed by atoms with van der Waals surface area (Å²) in [7, 11) is 0. The summed E-state index contributed by atoms with van der Waals surface area (Å²) in [5.41, 5.74) is 1.13. The van der Waals surface area contributed by atoms with Gasteiger partial charge in [-0.3, -0.25) is 0 Å². The number of carbonyl (C=O) groups is 1. The van der Waals surface area contributed by atoms with Gasteiger partial charge < -0.3 is 9.90 Å². The summed E-state index contributed by atoms with van der Waals surface area (Å²) in [5, 5.41) is 10.0. The lowest BCUT2D eigenvalue weighted by Crippen LogP contribution is -2.54. The van der Waals surface area contributed by atoms with Crippen molar-refractivity contribution in [3.63, 3.8) is 0 Å². The zero-order valence-corrected chi connectivity index (χ0v) is 12.2. The Morgan fingerprint density at radius 1 is 1.50 bits per heavy atom. The Kier molecular flexibility index (Phi) is 3.63. The van der Waals surface area contributed by atoms with Crippen LogP contribution in [0.1, 0.15) is 46.5 Å². The van der Waals surface area contributed by atoms with Gasteiger partial charge in [-0.2, -0.15) is 0 Å². The maximum absolute atomic E-state index is 10.7. The van der Waals surface area contributed by atoms with Gasteiger partial charge in [-0.15, -0.1) is 11.6 Å². The van der Waals surface area contributed by atoms with Gasteiger partial charge in [0, 0.05) is 6.42 Å². The number of allylic oxidation sites excluding steroid dienone is 2. The van der Waals surface area contributed by atoms with Crippen LogP contribution in [-0.4, -0.2) is 22.9 Å². The second-order valence-electron chi connectivity index (χ2n) is 6.77. The average molecular weight is 271 g/mol. The van der Waals surface area contributed by atoms with E-state index in [0.29, 0.717) is 18.8 Å². The predicted molar refractivity (Wildman–Crippen MR) is 73.6 cm³/mol. The Morgan fingerprint density at radius 2 is 2.17 bits per heavy atom. The van der Waals surface area contributed by atoms with Crippen LogP contribution in [0.5, 0.6) is 0 Å². The van der Waals surface area contributed by atoms with E-state index in [4.69, 9.17) is 11.6 Å². The highest BCUT2D eigenvalue weighted by atomic mass is 35.5. The van der Waals surface area contributed by atoms with Crippen LogP contribution >= 0.6 is 11.6 Å². The van der Waals surface area contributed by atoms with Gasteiger partial charge >= 0.3 is 0 Å². The number of aliphatic hydroxyl groups excluding tert-OH is 1. The van der Waals surface area contributed by atoms with E-state index in [1.54, 1.807) is 0 Å². The SMILES string of the molecule is CC1(C)[C@@H](Cl)[C@@H](O)C[C@]2(C)C=C(CC=O)CC[C@@H]12. The molecule has 0 amide bonds. The van der Waals surface area contributed by atoms with E-state index >= 15 is 0 Å². The van der Waals surface area contributed by atoms with Crippen molar-refractivity contribution in [2.24, 2.45) is 16.7 Å². The maximum atomic E-state index is 10.7. The Balaban J connectivity index is 2.35. The lowest BCUT2D eigenvalue weighted by atomic mass is 9.52. The minimum absolute atomic E-state index is 0.0229. The van der Waals surface area contributed by atoms with Gasteiger partial charge in [0.2, 0.25) is 0 Å². The third-order valence-electron chi connectivity index (χ3n) is 5.03. The molecule has 0 aliphatic heterocycles. The monoisotopic (exact) mass is 270 g/mol. The highest BCUT2D eigenvalue weighted by molar-refractivity contribution is 6.21. The molecular weight excluding hydrogens is 248 g/mol. The number of hydrogen-bond donors (Lipinski definition) is 1. The number of aldehydes is 1. The van der Waals surface area contributed by atoms with Gasteiger partial charge in [0.1, 0.15) is 6.29 Å². The molecule has 1 fully saturated rings. The molecule has 0 aromatic heterocycles. The molecule has 0 spiro atoms. The second-order valence-corrected chi connectivity index (χ2v) is 7.24. The van der Waals surface area contributed by atoms with Crippen LogP contribution in [-0.2, 0) is 4.79 Å². The summed E-state index contributed by atoms with van der Waals surface area (Å²) in [4.78, 5) is 10.7. The van der Waals surface area contributed by atoms with Crippen LogP contribution in [0.2, 0.25) is 0 Å². The Bertz CT molecular complexity index is 375.